The van der Waals surface area contributed by atoms with Crippen molar-refractivity contribution in [3.63, 3.8) is 0 Å². The highest BCUT2D eigenvalue weighted by atomic mass is 32.2. The monoisotopic (exact) mass is 398 g/mol. The van der Waals surface area contributed by atoms with Crippen LogP contribution in [0.15, 0.2) is 54.6 Å². The molecule has 0 heterocycles. The van der Waals surface area contributed by atoms with E-state index in [-0.39, 0.29) is 6.42 Å². The first-order chi connectivity index (χ1) is 13.3. The third kappa shape index (κ3) is 5.79. The zero-order valence-corrected chi connectivity index (χ0v) is 17.1. The van der Waals surface area contributed by atoms with Crippen LogP contribution in [0.2, 0.25) is 0 Å². The Balaban J connectivity index is 1.90. The van der Waals surface area contributed by atoms with Gasteiger partial charge in [0, 0.05) is 17.4 Å². The highest BCUT2D eigenvalue weighted by molar-refractivity contribution is 7.92. The average molecular weight is 399 g/mol. The maximum absolute atomic E-state index is 12.0. The first-order valence-corrected chi connectivity index (χ1v) is 11.2. The fourth-order valence-electron chi connectivity index (χ4n) is 2.91. The van der Waals surface area contributed by atoms with Gasteiger partial charge in [-0.25, -0.2) is 8.42 Å². The molecule has 0 saturated carbocycles. The van der Waals surface area contributed by atoms with Gasteiger partial charge in [0.2, 0.25) is 0 Å². The van der Waals surface area contributed by atoms with E-state index >= 15 is 0 Å². The summed E-state index contributed by atoms with van der Waals surface area (Å²) in [4.78, 5) is 11.9. The van der Waals surface area contributed by atoms with E-state index < -0.39 is 27.0 Å². The van der Waals surface area contributed by atoms with Crippen LogP contribution in [-0.2, 0) is 21.1 Å². The molecule has 1 atom stereocenters. The van der Waals surface area contributed by atoms with E-state index in [4.69, 9.17) is 5.11 Å². The summed E-state index contributed by atoms with van der Waals surface area (Å²) in [7, 11) is -3.58. The zero-order chi connectivity index (χ0) is 20.6. The topological polar surface area (TPSA) is 71.4 Å². The first kappa shape index (κ1) is 21.9. The molecule has 0 bridgehead atoms. The van der Waals surface area contributed by atoms with E-state index in [1.165, 1.54) is 6.92 Å². The Kier molecular flexibility index (Phi) is 7.56. The molecule has 0 radical (unpaired) electrons. The van der Waals surface area contributed by atoms with E-state index in [2.05, 4.69) is 11.8 Å². The van der Waals surface area contributed by atoms with Crippen molar-refractivity contribution in [3.05, 3.63) is 71.3 Å². The molecule has 148 valence electrons. The Bertz CT molecular complexity index is 951. The summed E-state index contributed by atoms with van der Waals surface area (Å²) in [5.74, 6) is 5.61. The lowest BCUT2D eigenvalue weighted by Crippen LogP contribution is -2.44. The molecular formula is C23H26O4S. The molecule has 0 aliphatic carbocycles. The number of carbonyl (C=O) groups excluding carboxylic acids is 1. The molecule has 28 heavy (non-hydrogen) atoms. The van der Waals surface area contributed by atoms with Crippen molar-refractivity contribution in [2.75, 3.05) is 12.9 Å². The highest BCUT2D eigenvalue weighted by Crippen LogP contribution is 2.25. The molecule has 0 aliphatic heterocycles. The second-order valence-corrected chi connectivity index (χ2v) is 9.55. The molecule has 0 fully saturated rings. The van der Waals surface area contributed by atoms with Gasteiger partial charge in [0.15, 0.2) is 15.6 Å². The summed E-state index contributed by atoms with van der Waals surface area (Å²) in [6.45, 7) is 0.649. The molecule has 0 spiro atoms. The van der Waals surface area contributed by atoms with Gasteiger partial charge in [0.25, 0.3) is 0 Å². The van der Waals surface area contributed by atoms with Crippen molar-refractivity contribution in [2.24, 2.45) is 0 Å². The van der Waals surface area contributed by atoms with Crippen molar-refractivity contribution in [1.29, 1.82) is 0 Å². The van der Waals surface area contributed by atoms with Gasteiger partial charge in [-0.05, 0) is 56.0 Å². The maximum atomic E-state index is 12.0. The van der Waals surface area contributed by atoms with Crippen molar-refractivity contribution in [2.45, 2.75) is 37.4 Å². The number of Topliss-reactive ketones (excluding diaryl/α,β-unsaturated/α-hetero) is 1. The Hall–Kier alpha value is -2.42. The van der Waals surface area contributed by atoms with Crippen LogP contribution in [0.25, 0.3) is 0 Å². The number of sulfone groups is 1. The van der Waals surface area contributed by atoms with E-state index in [9.17, 15) is 13.2 Å². The summed E-state index contributed by atoms with van der Waals surface area (Å²) in [6, 6.07) is 17.8. The molecule has 0 aliphatic rings. The summed E-state index contributed by atoms with van der Waals surface area (Å²) in [5.41, 5.74) is 3.04. The molecule has 4 nitrogen and oxygen atoms in total. The van der Waals surface area contributed by atoms with Gasteiger partial charge in [-0.3, -0.25) is 4.79 Å². The number of benzene rings is 2. The van der Waals surface area contributed by atoms with Gasteiger partial charge >= 0.3 is 0 Å². The molecule has 1 N–H and O–H groups in total. The molecular weight excluding hydrogens is 372 g/mol. The lowest BCUT2D eigenvalue weighted by molar-refractivity contribution is -0.124. The molecule has 1 unspecified atom stereocenters. The molecule has 2 rings (SSSR count). The predicted molar refractivity (Wildman–Crippen MR) is 112 cm³/mol. The Morgan fingerprint density at radius 1 is 0.964 bits per heavy atom. The van der Waals surface area contributed by atoms with Crippen LogP contribution in [-0.4, -0.2) is 36.9 Å². The summed E-state index contributed by atoms with van der Waals surface area (Å²) < 4.78 is 22.4. The minimum Gasteiger partial charge on any atom is -0.389 e. The minimum atomic E-state index is -3.58. The minimum absolute atomic E-state index is 0.214. The Morgan fingerprint density at radius 3 is 2.07 bits per heavy atom. The van der Waals surface area contributed by atoms with Crippen LogP contribution in [0.5, 0.6) is 0 Å². The summed E-state index contributed by atoms with van der Waals surface area (Å²) in [6.07, 6.45) is 3.41. The van der Waals surface area contributed by atoms with Crippen molar-refractivity contribution in [3.8, 4) is 11.8 Å². The second-order valence-electron chi connectivity index (χ2n) is 7.10. The number of aliphatic hydroxyl groups is 1. The van der Waals surface area contributed by atoms with E-state index in [1.54, 1.807) is 0 Å². The first-order valence-electron chi connectivity index (χ1n) is 9.26. The standard InChI is InChI=1S/C23H26O4S/c1-23(22(25)18-24,28(2,26)27)17-7-6-10-20-12-15-21(16-13-20)14-11-19-8-4-3-5-9-19/h3-5,8-9,12-13,15-16,24H,6-7,10,17-18H2,1-2H3. The highest BCUT2D eigenvalue weighted by Gasteiger charge is 2.41. The zero-order valence-electron chi connectivity index (χ0n) is 16.3. The fraction of sp³-hybridized carbons (Fsp3) is 0.348. The van der Waals surface area contributed by atoms with Gasteiger partial charge in [-0.15, -0.1) is 0 Å². The summed E-state index contributed by atoms with van der Waals surface area (Å²) >= 11 is 0. The Morgan fingerprint density at radius 2 is 1.54 bits per heavy atom. The largest absolute Gasteiger partial charge is 0.389 e. The third-order valence-electron chi connectivity index (χ3n) is 5.00. The lowest BCUT2D eigenvalue weighted by Gasteiger charge is -2.25. The second kappa shape index (κ2) is 9.68. The van der Waals surface area contributed by atoms with E-state index in [0.717, 1.165) is 35.8 Å². The van der Waals surface area contributed by atoms with Crippen LogP contribution in [0.4, 0.5) is 0 Å². The number of unbranched alkanes of at least 4 members (excludes halogenated alkanes) is 1. The number of ketones is 1. The maximum Gasteiger partial charge on any atom is 0.178 e. The van der Waals surface area contributed by atoms with Crippen molar-refractivity contribution < 1.29 is 18.3 Å². The molecule has 0 amide bonds. The van der Waals surface area contributed by atoms with Crippen molar-refractivity contribution in [1.82, 2.24) is 0 Å². The molecule has 5 heteroatoms. The van der Waals surface area contributed by atoms with Gasteiger partial charge < -0.3 is 5.11 Å². The predicted octanol–water partition coefficient (Wildman–Crippen LogP) is 3.16. The van der Waals surface area contributed by atoms with Crippen LogP contribution in [0.3, 0.4) is 0 Å². The Labute approximate surface area is 167 Å². The molecule has 2 aromatic rings. The number of hydrogen-bond donors (Lipinski definition) is 1. The average Bonchev–Trinajstić information content (AvgIpc) is 2.69. The van der Waals surface area contributed by atoms with E-state index in [1.807, 2.05) is 54.6 Å². The third-order valence-corrected chi connectivity index (χ3v) is 7.07. The number of carbonyl (C=O) groups is 1. The van der Waals surface area contributed by atoms with Crippen LogP contribution in [0.1, 0.15) is 42.9 Å². The lowest BCUT2D eigenvalue weighted by atomic mass is 9.96. The molecule has 2 aromatic carbocycles. The SMILES string of the molecule is CC(CCCCc1ccc(C#Cc2ccccc2)cc1)(C(=O)CO)S(C)(=O)=O. The van der Waals surface area contributed by atoms with Crippen LogP contribution in [0, 0.1) is 11.8 Å². The number of rotatable bonds is 8. The molecule has 0 saturated heterocycles. The number of aliphatic hydroxyl groups excluding tert-OH is 1. The van der Waals surface area contributed by atoms with E-state index in [0.29, 0.717) is 6.42 Å². The van der Waals surface area contributed by atoms with Gasteiger partial charge in [-0.1, -0.05) is 48.6 Å². The van der Waals surface area contributed by atoms with Gasteiger partial charge in [-0.2, -0.15) is 0 Å². The smallest absolute Gasteiger partial charge is 0.178 e. The van der Waals surface area contributed by atoms with Gasteiger partial charge in [0.1, 0.15) is 11.4 Å². The normalized spacial score (nSPS) is 13.2. The number of aryl methyl sites for hydroxylation is 1. The quantitative estimate of drug-likeness (QED) is 0.548. The van der Waals surface area contributed by atoms with Crippen LogP contribution >= 0.6 is 0 Å². The number of hydrogen-bond acceptors (Lipinski definition) is 4. The fourth-order valence-corrected chi connectivity index (χ4v) is 3.90. The molecule has 0 aromatic heterocycles. The van der Waals surface area contributed by atoms with Gasteiger partial charge in [0.05, 0.1) is 0 Å². The van der Waals surface area contributed by atoms with Crippen molar-refractivity contribution >= 4 is 15.6 Å². The summed E-state index contributed by atoms with van der Waals surface area (Å²) in [5, 5.41) is 9.09. The van der Waals surface area contributed by atoms with Crippen LogP contribution < -0.4 is 0 Å².